The zero-order valence-electron chi connectivity index (χ0n) is 11.1. The molecule has 0 spiro atoms. The number of rotatable bonds is 6. The molecule has 0 bridgehead atoms. The smallest absolute Gasteiger partial charge is 0.240 e. The van der Waals surface area contributed by atoms with Crippen LogP contribution in [0, 0.1) is 0 Å². The van der Waals surface area contributed by atoms with Gasteiger partial charge in [0.2, 0.25) is 11.8 Å². The third-order valence-electron chi connectivity index (χ3n) is 2.67. The molecule has 1 aromatic carbocycles. The van der Waals surface area contributed by atoms with Crippen molar-refractivity contribution in [1.29, 1.82) is 0 Å². The normalized spacial score (nSPS) is 11.7. The fraction of sp³-hybridized carbons (Fsp3) is 0.385. The van der Waals surface area contributed by atoms with E-state index in [1.165, 1.54) is 4.90 Å². The van der Waals surface area contributed by atoms with Crippen LogP contribution in [0.25, 0.3) is 0 Å². The lowest BCUT2D eigenvalue weighted by molar-refractivity contribution is -0.133. The van der Waals surface area contributed by atoms with Crippen LogP contribution in [0.2, 0.25) is 0 Å². The number of likely N-dealkylation sites (N-methyl/N-ethyl adjacent to an activating group) is 1. The third-order valence-corrected chi connectivity index (χ3v) is 2.67. The molecule has 6 nitrogen and oxygen atoms in total. The second kappa shape index (κ2) is 6.75. The lowest BCUT2D eigenvalue weighted by atomic mass is 10.1. The molecule has 6 heteroatoms. The Labute approximate surface area is 112 Å². The maximum atomic E-state index is 11.9. The number of nitrogens with two attached hydrogens (primary N) is 2. The van der Waals surface area contributed by atoms with Gasteiger partial charge in [-0.1, -0.05) is 12.1 Å². The van der Waals surface area contributed by atoms with E-state index in [-0.39, 0.29) is 12.3 Å². The summed E-state index contributed by atoms with van der Waals surface area (Å²) in [4.78, 5) is 24.1. The third kappa shape index (κ3) is 4.59. The number of methoxy groups -OCH3 is 1. The van der Waals surface area contributed by atoms with Gasteiger partial charge in [0.05, 0.1) is 19.6 Å². The second-order valence-electron chi connectivity index (χ2n) is 4.32. The van der Waals surface area contributed by atoms with E-state index in [4.69, 9.17) is 16.2 Å². The van der Waals surface area contributed by atoms with Crippen LogP contribution < -0.4 is 16.2 Å². The van der Waals surface area contributed by atoms with Crippen LogP contribution >= 0.6 is 0 Å². The summed E-state index contributed by atoms with van der Waals surface area (Å²) in [5, 5.41) is 0. The van der Waals surface area contributed by atoms with Crippen molar-refractivity contribution in [1.82, 2.24) is 4.90 Å². The minimum Gasteiger partial charge on any atom is -0.497 e. The summed E-state index contributed by atoms with van der Waals surface area (Å²) in [5.74, 6) is -0.183. The van der Waals surface area contributed by atoms with Gasteiger partial charge in [-0.05, 0) is 17.7 Å². The van der Waals surface area contributed by atoms with Crippen molar-refractivity contribution in [3.63, 3.8) is 0 Å². The van der Waals surface area contributed by atoms with Crippen molar-refractivity contribution in [3.05, 3.63) is 29.8 Å². The van der Waals surface area contributed by atoms with Gasteiger partial charge in [0.25, 0.3) is 0 Å². The number of benzene rings is 1. The van der Waals surface area contributed by atoms with Crippen LogP contribution in [0.3, 0.4) is 0 Å². The number of hydrogen-bond donors (Lipinski definition) is 2. The van der Waals surface area contributed by atoms with Gasteiger partial charge < -0.3 is 21.1 Å². The lowest BCUT2D eigenvalue weighted by Crippen LogP contribution is -2.43. The highest BCUT2D eigenvalue weighted by Crippen LogP contribution is 2.14. The van der Waals surface area contributed by atoms with E-state index in [2.05, 4.69) is 0 Å². The van der Waals surface area contributed by atoms with Crippen molar-refractivity contribution in [3.8, 4) is 5.75 Å². The molecular formula is C13H19N3O3. The highest BCUT2D eigenvalue weighted by molar-refractivity contribution is 5.87. The largest absolute Gasteiger partial charge is 0.497 e. The van der Waals surface area contributed by atoms with E-state index in [0.29, 0.717) is 6.54 Å². The van der Waals surface area contributed by atoms with E-state index in [1.54, 1.807) is 14.2 Å². The highest BCUT2D eigenvalue weighted by atomic mass is 16.5. The van der Waals surface area contributed by atoms with Gasteiger partial charge in [0.15, 0.2) is 0 Å². The number of carbonyl (C=O) groups is 2. The van der Waals surface area contributed by atoms with Gasteiger partial charge in [-0.3, -0.25) is 9.59 Å². The predicted octanol–water partition coefficient (Wildman–Crippen LogP) is -0.144. The second-order valence-corrected chi connectivity index (χ2v) is 4.32. The zero-order valence-corrected chi connectivity index (χ0v) is 11.1. The number of ether oxygens (including phenoxy) is 1. The molecule has 0 saturated heterocycles. The molecule has 2 amide bonds. The maximum Gasteiger partial charge on any atom is 0.240 e. The standard InChI is InChI=1S/C13H19N3O3/c1-16(13(18)11(14)7-12(15)17)8-9-4-3-5-10(6-9)19-2/h3-6,11H,7-8,14H2,1-2H3,(H2,15,17)/t11-/m0/s1. The van der Waals surface area contributed by atoms with Crippen LogP contribution in [0.15, 0.2) is 24.3 Å². The molecule has 1 rings (SSSR count). The summed E-state index contributed by atoms with van der Waals surface area (Å²) in [6.45, 7) is 0.391. The Morgan fingerprint density at radius 2 is 2.11 bits per heavy atom. The number of nitrogens with zero attached hydrogens (tertiary/aromatic N) is 1. The van der Waals surface area contributed by atoms with E-state index in [0.717, 1.165) is 11.3 Å². The molecule has 0 saturated carbocycles. The van der Waals surface area contributed by atoms with E-state index in [9.17, 15) is 9.59 Å². The van der Waals surface area contributed by atoms with Gasteiger partial charge in [0.1, 0.15) is 5.75 Å². The van der Waals surface area contributed by atoms with Gasteiger partial charge in [0, 0.05) is 13.6 Å². The Morgan fingerprint density at radius 1 is 1.42 bits per heavy atom. The molecule has 1 atom stereocenters. The Balaban J connectivity index is 2.65. The molecule has 0 aromatic heterocycles. The summed E-state index contributed by atoms with van der Waals surface area (Å²) >= 11 is 0. The number of carbonyl (C=O) groups excluding carboxylic acids is 2. The molecule has 0 heterocycles. The van der Waals surface area contributed by atoms with Crippen molar-refractivity contribution >= 4 is 11.8 Å². The number of primary amides is 1. The Morgan fingerprint density at radius 3 is 2.68 bits per heavy atom. The molecule has 0 aliphatic rings. The summed E-state index contributed by atoms with van der Waals surface area (Å²) in [7, 11) is 3.21. The minimum absolute atomic E-state index is 0.152. The first-order valence-corrected chi connectivity index (χ1v) is 5.86. The van der Waals surface area contributed by atoms with E-state index in [1.807, 2.05) is 24.3 Å². The molecule has 0 radical (unpaired) electrons. The molecule has 0 aliphatic heterocycles. The average molecular weight is 265 g/mol. The Bertz CT molecular complexity index is 462. The highest BCUT2D eigenvalue weighted by Gasteiger charge is 2.20. The van der Waals surface area contributed by atoms with Crippen LogP contribution in [0.1, 0.15) is 12.0 Å². The Kier molecular flexibility index (Phi) is 5.32. The fourth-order valence-electron chi connectivity index (χ4n) is 1.71. The van der Waals surface area contributed by atoms with Crippen LogP contribution in [0.5, 0.6) is 5.75 Å². The van der Waals surface area contributed by atoms with Gasteiger partial charge in [-0.15, -0.1) is 0 Å². The van der Waals surface area contributed by atoms with E-state index >= 15 is 0 Å². The average Bonchev–Trinajstić information content (AvgIpc) is 2.37. The monoisotopic (exact) mass is 265 g/mol. The first-order valence-electron chi connectivity index (χ1n) is 5.86. The molecule has 0 fully saturated rings. The molecule has 1 aromatic rings. The first-order chi connectivity index (χ1) is 8.93. The quantitative estimate of drug-likeness (QED) is 0.747. The van der Waals surface area contributed by atoms with Crippen molar-refractivity contribution in [2.24, 2.45) is 11.5 Å². The summed E-state index contributed by atoms with van der Waals surface area (Å²) in [6.07, 6.45) is -0.152. The van der Waals surface area contributed by atoms with Crippen LogP contribution in [-0.2, 0) is 16.1 Å². The van der Waals surface area contributed by atoms with E-state index < -0.39 is 11.9 Å². The van der Waals surface area contributed by atoms with Crippen molar-refractivity contribution in [2.45, 2.75) is 19.0 Å². The number of hydrogen-bond acceptors (Lipinski definition) is 4. The predicted molar refractivity (Wildman–Crippen MR) is 71.3 cm³/mol. The zero-order chi connectivity index (χ0) is 14.4. The topological polar surface area (TPSA) is 98.7 Å². The Hall–Kier alpha value is -2.08. The first kappa shape index (κ1) is 15.0. The van der Waals surface area contributed by atoms with Crippen LogP contribution in [0.4, 0.5) is 0 Å². The number of amides is 2. The fourth-order valence-corrected chi connectivity index (χ4v) is 1.71. The summed E-state index contributed by atoms with van der Waals surface area (Å²) < 4.78 is 5.11. The molecule has 4 N–H and O–H groups in total. The molecule has 19 heavy (non-hydrogen) atoms. The van der Waals surface area contributed by atoms with Gasteiger partial charge in [-0.25, -0.2) is 0 Å². The molecule has 0 aliphatic carbocycles. The van der Waals surface area contributed by atoms with Gasteiger partial charge >= 0.3 is 0 Å². The van der Waals surface area contributed by atoms with Crippen molar-refractivity contribution < 1.29 is 14.3 Å². The maximum absolute atomic E-state index is 11.9. The van der Waals surface area contributed by atoms with Crippen LogP contribution in [-0.4, -0.2) is 36.9 Å². The molecule has 104 valence electrons. The molecular weight excluding hydrogens is 246 g/mol. The lowest BCUT2D eigenvalue weighted by Gasteiger charge is -2.21. The minimum atomic E-state index is -0.895. The summed E-state index contributed by atoms with van der Waals surface area (Å²) in [6, 6.07) is 6.49. The van der Waals surface area contributed by atoms with Gasteiger partial charge in [-0.2, -0.15) is 0 Å². The van der Waals surface area contributed by atoms with Crippen molar-refractivity contribution in [2.75, 3.05) is 14.2 Å². The summed E-state index contributed by atoms with van der Waals surface area (Å²) in [5.41, 5.74) is 11.5. The SMILES string of the molecule is COc1cccc(CN(C)C(=O)[C@@H](N)CC(N)=O)c1. The molecule has 0 unspecified atom stereocenters.